The highest BCUT2D eigenvalue weighted by atomic mass is 32.1. The SMILES string of the molecule is CC(C)c1cc2ncc3cc(-c4cccs4)c(-c4ccc([C@]5(N)C[C@H](O)C5)cc4)nc3n2n1. The summed E-state index contributed by atoms with van der Waals surface area (Å²) < 4.78 is 1.85. The maximum Gasteiger partial charge on any atom is 0.165 e. The van der Waals surface area contributed by atoms with Crippen LogP contribution in [0.25, 0.3) is 38.4 Å². The molecule has 6 rings (SSSR count). The van der Waals surface area contributed by atoms with Gasteiger partial charge >= 0.3 is 0 Å². The molecule has 0 atom stereocenters. The summed E-state index contributed by atoms with van der Waals surface area (Å²) in [6.07, 6.45) is 2.78. The summed E-state index contributed by atoms with van der Waals surface area (Å²) in [6, 6.07) is 16.7. The summed E-state index contributed by atoms with van der Waals surface area (Å²) in [4.78, 5) is 10.9. The molecule has 1 aliphatic carbocycles. The van der Waals surface area contributed by atoms with E-state index in [1.54, 1.807) is 11.3 Å². The van der Waals surface area contributed by atoms with Gasteiger partial charge in [-0.25, -0.2) is 9.97 Å². The van der Waals surface area contributed by atoms with E-state index >= 15 is 0 Å². The molecule has 0 unspecified atom stereocenters. The summed E-state index contributed by atoms with van der Waals surface area (Å²) in [5, 5.41) is 17.6. The van der Waals surface area contributed by atoms with E-state index in [-0.39, 0.29) is 6.10 Å². The first-order chi connectivity index (χ1) is 15.9. The van der Waals surface area contributed by atoms with Gasteiger partial charge in [0.15, 0.2) is 11.3 Å². The van der Waals surface area contributed by atoms with Crippen LogP contribution in [0, 0.1) is 0 Å². The lowest BCUT2D eigenvalue weighted by Crippen LogP contribution is -2.51. The fraction of sp³-hybridized carbons (Fsp3) is 0.269. The number of pyridine rings is 1. The Morgan fingerprint density at radius 1 is 1.15 bits per heavy atom. The number of thiophene rings is 1. The molecule has 5 aromatic rings. The highest BCUT2D eigenvalue weighted by Gasteiger charge is 2.41. The summed E-state index contributed by atoms with van der Waals surface area (Å²) >= 11 is 1.69. The van der Waals surface area contributed by atoms with Gasteiger partial charge in [-0.3, -0.25) is 0 Å². The smallest absolute Gasteiger partial charge is 0.165 e. The van der Waals surface area contributed by atoms with Crippen molar-refractivity contribution in [3.8, 4) is 21.7 Å². The molecule has 1 fully saturated rings. The van der Waals surface area contributed by atoms with Crippen molar-refractivity contribution in [1.29, 1.82) is 0 Å². The van der Waals surface area contributed by atoms with Crippen LogP contribution < -0.4 is 5.73 Å². The average Bonchev–Trinajstić information content (AvgIpc) is 3.47. The molecule has 0 aliphatic heterocycles. The minimum atomic E-state index is -0.439. The molecule has 0 saturated heterocycles. The van der Waals surface area contributed by atoms with E-state index in [1.807, 2.05) is 16.8 Å². The van der Waals surface area contributed by atoms with E-state index in [0.29, 0.717) is 18.8 Å². The highest BCUT2D eigenvalue weighted by Crippen LogP contribution is 2.41. The molecule has 6 nitrogen and oxygen atoms in total. The standard InChI is InChI=1S/C26H25N5OS/c1-15(2)21-11-23-28-14-17-10-20(22-4-3-9-33-22)24(29-25(17)31(23)30-21)16-5-7-18(8-6-16)26(27)12-19(32)13-26/h3-11,14-15,19,32H,12-13,27H2,1-2H3/t19-,26-. The molecule has 0 bridgehead atoms. The molecule has 1 aliphatic rings. The maximum absolute atomic E-state index is 9.74. The van der Waals surface area contributed by atoms with Crippen molar-refractivity contribution in [3.05, 3.63) is 71.4 Å². The summed E-state index contributed by atoms with van der Waals surface area (Å²) in [7, 11) is 0. The number of hydrogen-bond acceptors (Lipinski definition) is 6. The fourth-order valence-corrected chi connectivity index (χ4v) is 5.40. The Morgan fingerprint density at radius 2 is 1.94 bits per heavy atom. The molecule has 1 saturated carbocycles. The van der Waals surface area contributed by atoms with Crippen molar-refractivity contribution in [2.75, 3.05) is 0 Å². The highest BCUT2D eigenvalue weighted by molar-refractivity contribution is 7.13. The topological polar surface area (TPSA) is 89.3 Å². The van der Waals surface area contributed by atoms with E-state index in [9.17, 15) is 5.11 Å². The van der Waals surface area contributed by atoms with Gasteiger partial charge in [0.25, 0.3) is 0 Å². The Balaban J connectivity index is 1.54. The average molecular weight is 456 g/mol. The first kappa shape index (κ1) is 20.5. The molecule has 4 aromatic heterocycles. The lowest BCUT2D eigenvalue weighted by atomic mass is 9.70. The van der Waals surface area contributed by atoms with E-state index in [1.165, 1.54) is 0 Å². The molecule has 4 heterocycles. The predicted molar refractivity (Wildman–Crippen MR) is 132 cm³/mol. The second-order valence-corrected chi connectivity index (χ2v) is 10.3. The quantitative estimate of drug-likeness (QED) is 0.393. The molecule has 3 N–H and O–H groups in total. The van der Waals surface area contributed by atoms with Crippen molar-refractivity contribution in [1.82, 2.24) is 19.6 Å². The van der Waals surface area contributed by atoms with Gasteiger partial charge in [0.1, 0.15) is 0 Å². The third kappa shape index (κ3) is 3.35. The van der Waals surface area contributed by atoms with Crippen molar-refractivity contribution in [2.24, 2.45) is 5.73 Å². The van der Waals surface area contributed by atoms with Gasteiger partial charge in [0, 0.05) is 39.2 Å². The number of nitrogens with two attached hydrogens (primary N) is 1. The van der Waals surface area contributed by atoms with Crippen LogP contribution >= 0.6 is 11.3 Å². The number of hydrogen-bond donors (Lipinski definition) is 2. The largest absolute Gasteiger partial charge is 0.393 e. The Bertz CT molecular complexity index is 1460. The zero-order valence-electron chi connectivity index (χ0n) is 18.6. The number of rotatable bonds is 4. The number of benzene rings is 1. The Kier molecular flexibility index (Phi) is 4.62. The van der Waals surface area contributed by atoms with Crippen LogP contribution in [0.4, 0.5) is 0 Å². The molecular formula is C26H25N5OS. The van der Waals surface area contributed by atoms with Crippen molar-refractivity contribution in [2.45, 2.75) is 44.2 Å². The van der Waals surface area contributed by atoms with E-state index < -0.39 is 5.54 Å². The second kappa shape index (κ2) is 7.45. The van der Waals surface area contributed by atoms with Crippen LogP contribution in [0.1, 0.15) is 43.9 Å². The molecule has 33 heavy (non-hydrogen) atoms. The van der Waals surface area contributed by atoms with Crippen LogP contribution in [0.15, 0.2) is 60.1 Å². The molecule has 1 aromatic carbocycles. The van der Waals surface area contributed by atoms with Gasteiger partial charge in [0.05, 0.1) is 17.5 Å². The lowest BCUT2D eigenvalue weighted by molar-refractivity contribution is 0.0209. The summed E-state index contributed by atoms with van der Waals surface area (Å²) in [6.45, 7) is 4.26. The van der Waals surface area contributed by atoms with Crippen LogP contribution in [-0.4, -0.2) is 30.8 Å². The van der Waals surface area contributed by atoms with Gasteiger partial charge < -0.3 is 10.8 Å². The van der Waals surface area contributed by atoms with Crippen molar-refractivity contribution in [3.63, 3.8) is 0 Å². The van der Waals surface area contributed by atoms with Crippen LogP contribution in [0.5, 0.6) is 0 Å². The number of fused-ring (bicyclic) bond motifs is 3. The summed E-state index contributed by atoms with van der Waals surface area (Å²) in [5.74, 6) is 0.313. The normalized spacial score (nSPS) is 20.6. The first-order valence-corrected chi connectivity index (χ1v) is 12.1. The van der Waals surface area contributed by atoms with Crippen LogP contribution in [0.2, 0.25) is 0 Å². The maximum atomic E-state index is 9.74. The number of aromatic nitrogens is 4. The van der Waals surface area contributed by atoms with Crippen molar-refractivity contribution >= 4 is 28.0 Å². The van der Waals surface area contributed by atoms with Crippen LogP contribution in [0.3, 0.4) is 0 Å². The number of aliphatic hydroxyl groups is 1. The molecule has 166 valence electrons. The van der Waals surface area contributed by atoms with Crippen LogP contribution in [-0.2, 0) is 5.54 Å². The fourth-order valence-electron chi connectivity index (χ4n) is 4.65. The Hall–Kier alpha value is -3.13. The van der Waals surface area contributed by atoms with Gasteiger partial charge in [-0.1, -0.05) is 44.2 Å². The predicted octanol–water partition coefficient (Wildman–Crippen LogP) is 5.11. The zero-order chi connectivity index (χ0) is 22.7. The first-order valence-electron chi connectivity index (χ1n) is 11.2. The van der Waals surface area contributed by atoms with Gasteiger partial charge in [-0.05, 0) is 41.8 Å². The molecule has 0 amide bonds. The lowest BCUT2D eigenvalue weighted by Gasteiger charge is -2.42. The van der Waals surface area contributed by atoms with Gasteiger partial charge in [0.2, 0.25) is 0 Å². The zero-order valence-corrected chi connectivity index (χ0v) is 19.4. The minimum absolute atomic E-state index is 0.303. The number of aliphatic hydroxyl groups excluding tert-OH is 1. The Morgan fingerprint density at radius 3 is 2.61 bits per heavy atom. The third-order valence-electron chi connectivity index (χ3n) is 6.59. The van der Waals surface area contributed by atoms with E-state index in [2.05, 4.69) is 66.7 Å². The van der Waals surface area contributed by atoms with Gasteiger partial charge in [-0.15, -0.1) is 11.3 Å². The van der Waals surface area contributed by atoms with E-state index in [4.69, 9.17) is 15.8 Å². The van der Waals surface area contributed by atoms with E-state index in [0.717, 1.165) is 49.6 Å². The minimum Gasteiger partial charge on any atom is -0.393 e. The molecule has 7 heteroatoms. The number of nitrogens with zero attached hydrogens (tertiary/aromatic N) is 4. The summed E-state index contributed by atoms with van der Waals surface area (Å²) in [5.41, 5.74) is 12.7. The molecule has 0 spiro atoms. The van der Waals surface area contributed by atoms with Gasteiger partial charge in [-0.2, -0.15) is 9.61 Å². The second-order valence-electron chi connectivity index (χ2n) is 9.32. The monoisotopic (exact) mass is 455 g/mol. The Labute approximate surface area is 195 Å². The third-order valence-corrected chi connectivity index (χ3v) is 7.49. The molecule has 0 radical (unpaired) electrons. The van der Waals surface area contributed by atoms with Crippen molar-refractivity contribution < 1.29 is 5.11 Å². The molecular weight excluding hydrogens is 430 g/mol.